The van der Waals surface area contributed by atoms with Gasteiger partial charge in [0.1, 0.15) is 10.9 Å². The Hall–Kier alpha value is -1.38. The average Bonchev–Trinajstić information content (AvgIpc) is 2.57. The standard InChI is InChI=1S/C11H19FN2O5S/c1-11(2,3)19-10(16)13-4-5-14-7-8(6-9(14)15)20(12,17)18/h8H,4-7H2,1-3H3,(H,13,16). The number of halogens is 1. The molecule has 0 spiro atoms. The number of carbonyl (C=O) groups excluding carboxylic acids is 2. The summed E-state index contributed by atoms with van der Waals surface area (Å²) >= 11 is 0. The molecule has 20 heavy (non-hydrogen) atoms. The summed E-state index contributed by atoms with van der Waals surface area (Å²) in [6.07, 6.45) is -0.982. The number of hydrogen-bond acceptors (Lipinski definition) is 5. The Morgan fingerprint density at radius 3 is 2.55 bits per heavy atom. The lowest BCUT2D eigenvalue weighted by Crippen LogP contribution is -2.38. The molecule has 1 heterocycles. The van der Waals surface area contributed by atoms with Gasteiger partial charge in [-0.3, -0.25) is 4.79 Å². The molecule has 1 N–H and O–H groups in total. The zero-order valence-electron chi connectivity index (χ0n) is 11.7. The van der Waals surface area contributed by atoms with Gasteiger partial charge in [-0.1, -0.05) is 0 Å². The fourth-order valence-corrected chi connectivity index (χ4v) is 2.45. The number of nitrogens with zero attached hydrogens (tertiary/aromatic N) is 1. The van der Waals surface area contributed by atoms with Gasteiger partial charge >= 0.3 is 16.3 Å². The number of nitrogens with one attached hydrogen (secondary N) is 1. The van der Waals surface area contributed by atoms with E-state index in [9.17, 15) is 21.9 Å². The van der Waals surface area contributed by atoms with Gasteiger partial charge in [0.2, 0.25) is 5.91 Å². The molecule has 116 valence electrons. The van der Waals surface area contributed by atoms with E-state index in [2.05, 4.69) is 5.32 Å². The van der Waals surface area contributed by atoms with Crippen molar-refractivity contribution < 1.29 is 26.6 Å². The van der Waals surface area contributed by atoms with Crippen LogP contribution in [0, 0.1) is 0 Å². The molecule has 1 saturated heterocycles. The lowest BCUT2D eigenvalue weighted by atomic mass is 10.2. The van der Waals surface area contributed by atoms with Crippen LogP contribution in [0.3, 0.4) is 0 Å². The molecule has 1 aliphatic heterocycles. The zero-order valence-corrected chi connectivity index (χ0v) is 12.5. The quantitative estimate of drug-likeness (QED) is 0.759. The van der Waals surface area contributed by atoms with E-state index in [4.69, 9.17) is 4.74 Å². The van der Waals surface area contributed by atoms with Crippen molar-refractivity contribution in [2.75, 3.05) is 19.6 Å². The van der Waals surface area contributed by atoms with E-state index >= 15 is 0 Å². The molecule has 7 nitrogen and oxygen atoms in total. The minimum Gasteiger partial charge on any atom is -0.444 e. The molecule has 1 rings (SSSR count). The summed E-state index contributed by atoms with van der Waals surface area (Å²) < 4.78 is 39.2. The first-order valence-corrected chi connectivity index (χ1v) is 7.62. The maximum Gasteiger partial charge on any atom is 0.407 e. The van der Waals surface area contributed by atoms with Crippen molar-refractivity contribution in [3.05, 3.63) is 0 Å². The molecular weight excluding hydrogens is 291 g/mol. The molecule has 1 unspecified atom stereocenters. The molecule has 0 aromatic carbocycles. The third-order valence-electron chi connectivity index (χ3n) is 2.63. The maximum absolute atomic E-state index is 12.8. The van der Waals surface area contributed by atoms with Gasteiger partial charge in [0.15, 0.2) is 0 Å². The summed E-state index contributed by atoms with van der Waals surface area (Å²) in [4.78, 5) is 24.0. The average molecular weight is 310 g/mol. The van der Waals surface area contributed by atoms with E-state index in [1.165, 1.54) is 4.90 Å². The van der Waals surface area contributed by atoms with Crippen molar-refractivity contribution in [1.82, 2.24) is 10.2 Å². The van der Waals surface area contributed by atoms with Crippen LogP contribution < -0.4 is 5.32 Å². The normalized spacial score (nSPS) is 20.1. The minimum absolute atomic E-state index is 0.111. The molecule has 0 radical (unpaired) electrons. The maximum atomic E-state index is 12.8. The van der Waals surface area contributed by atoms with Crippen molar-refractivity contribution in [2.45, 2.75) is 38.0 Å². The largest absolute Gasteiger partial charge is 0.444 e. The van der Waals surface area contributed by atoms with Crippen molar-refractivity contribution in [1.29, 1.82) is 0 Å². The van der Waals surface area contributed by atoms with Crippen LogP contribution in [0.5, 0.6) is 0 Å². The van der Waals surface area contributed by atoms with Crippen LogP contribution in [0.15, 0.2) is 0 Å². The van der Waals surface area contributed by atoms with Crippen molar-refractivity contribution in [3.63, 3.8) is 0 Å². The minimum atomic E-state index is -4.71. The molecule has 0 aromatic rings. The van der Waals surface area contributed by atoms with E-state index in [0.29, 0.717) is 0 Å². The predicted octanol–water partition coefficient (Wildman–Crippen LogP) is 0.411. The topological polar surface area (TPSA) is 92.8 Å². The Kier molecular flexibility index (Phi) is 4.95. The highest BCUT2D eigenvalue weighted by Gasteiger charge is 2.38. The second kappa shape index (κ2) is 5.94. The second-order valence-electron chi connectivity index (χ2n) is 5.57. The number of likely N-dealkylation sites (tertiary alicyclic amines) is 1. The molecule has 0 aromatic heterocycles. The fraction of sp³-hybridized carbons (Fsp3) is 0.818. The predicted molar refractivity (Wildman–Crippen MR) is 69.2 cm³/mol. The number of hydrogen-bond donors (Lipinski definition) is 1. The van der Waals surface area contributed by atoms with Crippen LogP contribution in [0.2, 0.25) is 0 Å². The SMILES string of the molecule is CC(C)(C)OC(=O)NCCN1CC(S(=O)(=O)F)CC1=O. The Labute approximate surface area is 117 Å². The third kappa shape index (κ3) is 5.32. The first-order valence-electron chi connectivity index (χ1n) is 6.17. The van der Waals surface area contributed by atoms with Gasteiger partial charge in [-0.05, 0) is 20.8 Å². The summed E-state index contributed by atoms with van der Waals surface area (Å²) in [5.74, 6) is -0.442. The molecule has 1 fully saturated rings. The summed E-state index contributed by atoms with van der Waals surface area (Å²) in [6.45, 7) is 5.19. The number of ether oxygens (including phenoxy) is 1. The van der Waals surface area contributed by atoms with E-state index in [0.717, 1.165) is 0 Å². The Morgan fingerprint density at radius 1 is 1.50 bits per heavy atom. The van der Waals surface area contributed by atoms with Gasteiger partial charge in [0.25, 0.3) is 0 Å². The summed E-state index contributed by atoms with van der Waals surface area (Å²) in [7, 11) is -4.71. The molecule has 2 amide bonds. The smallest absolute Gasteiger partial charge is 0.407 e. The molecule has 0 bridgehead atoms. The van der Waals surface area contributed by atoms with Crippen LogP contribution in [-0.4, -0.2) is 55.8 Å². The lowest BCUT2D eigenvalue weighted by molar-refractivity contribution is -0.127. The zero-order chi connectivity index (χ0) is 15.6. The summed E-state index contributed by atoms with van der Waals surface area (Å²) in [6, 6.07) is 0. The molecule has 1 atom stereocenters. The number of amides is 2. The van der Waals surface area contributed by atoms with Crippen molar-refractivity contribution in [3.8, 4) is 0 Å². The third-order valence-corrected chi connectivity index (χ3v) is 3.74. The molecule has 0 aliphatic carbocycles. The first-order chi connectivity index (χ1) is 8.99. The molecule has 9 heteroatoms. The molecular formula is C11H19FN2O5S. The van der Waals surface area contributed by atoms with Gasteiger partial charge in [0, 0.05) is 26.1 Å². The molecule has 0 saturated carbocycles. The van der Waals surface area contributed by atoms with E-state index < -0.39 is 33.1 Å². The summed E-state index contributed by atoms with van der Waals surface area (Å²) in [5, 5.41) is 1.13. The fourth-order valence-electron chi connectivity index (χ4n) is 1.75. The number of carbonyl (C=O) groups is 2. The van der Waals surface area contributed by atoms with Gasteiger partial charge in [-0.15, -0.1) is 3.89 Å². The van der Waals surface area contributed by atoms with Gasteiger partial charge in [-0.25, -0.2) is 4.79 Å². The Balaban J connectivity index is 2.37. The van der Waals surface area contributed by atoms with Crippen LogP contribution in [0.4, 0.5) is 8.68 Å². The van der Waals surface area contributed by atoms with Gasteiger partial charge < -0.3 is 15.0 Å². The van der Waals surface area contributed by atoms with Crippen LogP contribution >= 0.6 is 0 Å². The van der Waals surface area contributed by atoms with Crippen LogP contribution in [-0.2, 0) is 19.8 Å². The van der Waals surface area contributed by atoms with E-state index in [-0.39, 0.29) is 26.1 Å². The highest BCUT2D eigenvalue weighted by atomic mass is 32.3. The number of rotatable bonds is 4. The van der Waals surface area contributed by atoms with E-state index in [1.807, 2.05) is 0 Å². The van der Waals surface area contributed by atoms with E-state index in [1.54, 1.807) is 20.8 Å². The first kappa shape index (κ1) is 16.7. The summed E-state index contributed by atoms with van der Waals surface area (Å²) in [5.41, 5.74) is -0.624. The lowest BCUT2D eigenvalue weighted by Gasteiger charge is -2.21. The second-order valence-corrected chi connectivity index (χ2v) is 7.19. The van der Waals surface area contributed by atoms with Crippen molar-refractivity contribution >= 4 is 22.2 Å². The Bertz CT molecular complexity index is 486. The highest BCUT2D eigenvalue weighted by Crippen LogP contribution is 2.19. The van der Waals surface area contributed by atoms with Gasteiger partial charge in [0.05, 0.1) is 0 Å². The van der Waals surface area contributed by atoms with Gasteiger partial charge in [-0.2, -0.15) is 8.42 Å². The van der Waals surface area contributed by atoms with Crippen LogP contribution in [0.1, 0.15) is 27.2 Å². The van der Waals surface area contributed by atoms with Crippen LogP contribution in [0.25, 0.3) is 0 Å². The highest BCUT2D eigenvalue weighted by molar-refractivity contribution is 7.87. The Morgan fingerprint density at radius 2 is 2.10 bits per heavy atom. The molecule has 1 aliphatic rings. The van der Waals surface area contributed by atoms with Crippen molar-refractivity contribution in [2.24, 2.45) is 0 Å². The monoisotopic (exact) mass is 310 g/mol. The number of alkyl carbamates (subject to hydrolysis) is 1.